The van der Waals surface area contributed by atoms with Crippen LogP contribution in [0.25, 0.3) is 10.9 Å². The number of hydrogen-bond donors (Lipinski definition) is 1. The second kappa shape index (κ2) is 6.57. The second-order valence-corrected chi connectivity index (χ2v) is 6.10. The summed E-state index contributed by atoms with van der Waals surface area (Å²) in [6.45, 7) is 6.53. The van der Waals surface area contributed by atoms with Crippen LogP contribution in [0.2, 0.25) is 0 Å². The van der Waals surface area contributed by atoms with Gasteiger partial charge in [0.2, 0.25) is 0 Å². The zero-order valence-electron chi connectivity index (χ0n) is 13.3. The quantitative estimate of drug-likeness (QED) is 0.832. The molecule has 2 aromatic rings. The van der Waals surface area contributed by atoms with Gasteiger partial charge in [0.15, 0.2) is 0 Å². The fraction of sp³-hybridized carbons (Fsp3) is 0.526. The number of aryl methyl sites for hydroxylation is 2. The van der Waals surface area contributed by atoms with Crippen LogP contribution in [0.4, 0.5) is 0 Å². The van der Waals surface area contributed by atoms with Gasteiger partial charge in [-0.3, -0.25) is 4.98 Å². The zero-order valence-corrected chi connectivity index (χ0v) is 13.3. The van der Waals surface area contributed by atoms with Crippen molar-refractivity contribution in [3.8, 4) is 0 Å². The Hall–Kier alpha value is -1.41. The summed E-state index contributed by atoms with van der Waals surface area (Å²) >= 11 is 0. The highest BCUT2D eigenvalue weighted by Gasteiger charge is 2.17. The maximum atomic E-state index is 4.95. The van der Waals surface area contributed by atoms with Gasteiger partial charge < -0.3 is 5.32 Å². The average molecular weight is 282 g/mol. The first-order valence-electron chi connectivity index (χ1n) is 8.47. The normalized spacial score (nSPS) is 14.4. The molecule has 3 rings (SSSR count). The van der Waals surface area contributed by atoms with E-state index in [4.69, 9.17) is 4.98 Å². The van der Waals surface area contributed by atoms with Crippen LogP contribution >= 0.6 is 0 Å². The van der Waals surface area contributed by atoms with Crippen LogP contribution in [0, 0.1) is 0 Å². The molecule has 1 N–H and O–H groups in total. The van der Waals surface area contributed by atoms with Gasteiger partial charge in [-0.25, -0.2) is 0 Å². The van der Waals surface area contributed by atoms with Crippen LogP contribution < -0.4 is 5.32 Å². The summed E-state index contributed by atoms with van der Waals surface area (Å²) in [7, 11) is 0. The van der Waals surface area contributed by atoms with Crippen LogP contribution in [0.5, 0.6) is 0 Å². The summed E-state index contributed by atoms with van der Waals surface area (Å²) in [5.41, 5.74) is 6.99. The molecule has 0 saturated carbocycles. The van der Waals surface area contributed by atoms with E-state index in [9.17, 15) is 0 Å². The van der Waals surface area contributed by atoms with Crippen molar-refractivity contribution in [2.24, 2.45) is 0 Å². The molecule has 0 unspecified atom stereocenters. The number of hydrogen-bond acceptors (Lipinski definition) is 2. The number of fused-ring (bicyclic) bond motifs is 2. The fourth-order valence-corrected chi connectivity index (χ4v) is 3.38. The predicted octanol–water partition coefficient (Wildman–Crippen LogP) is 4.18. The summed E-state index contributed by atoms with van der Waals surface area (Å²) in [6.07, 6.45) is 7.24. The molecule has 112 valence electrons. The van der Waals surface area contributed by atoms with E-state index < -0.39 is 0 Å². The lowest BCUT2D eigenvalue weighted by molar-refractivity contribution is 0.640. The lowest BCUT2D eigenvalue weighted by atomic mass is 9.89. The second-order valence-electron chi connectivity index (χ2n) is 6.10. The Balaban J connectivity index is 2.11. The van der Waals surface area contributed by atoms with E-state index in [1.807, 2.05) is 0 Å². The van der Waals surface area contributed by atoms with E-state index in [-0.39, 0.29) is 0 Å². The first kappa shape index (κ1) is 14.5. The molecule has 0 spiro atoms. The van der Waals surface area contributed by atoms with Crippen molar-refractivity contribution in [1.82, 2.24) is 10.3 Å². The molecular formula is C19H26N2. The fourth-order valence-electron chi connectivity index (χ4n) is 3.38. The predicted molar refractivity (Wildman–Crippen MR) is 89.8 cm³/mol. The van der Waals surface area contributed by atoms with E-state index in [0.29, 0.717) is 0 Å². The lowest BCUT2D eigenvalue weighted by Gasteiger charge is -2.21. The molecule has 0 fully saturated rings. The Kier molecular flexibility index (Phi) is 4.54. The molecule has 2 heteroatoms. The smallest absolute Gasteiger partial charge is 0.0708 e. The van der Waals surface area contributed by atoms with Gasteiger partial charge in [-0.15, -0.1) is 0 Å². The molecule has 0 atom stereocenters. The molecule has 1 aromatic heterocycles. The van der Waals surface area contributed by atoms with E-state index in [2.05, 4.69) is 37.4 Å². The van der Waals surface area contributed by atoms with E-state index in [0.717, 1.165) is 25.9 Å². The minimum atomic E-state index is 0.988. The summed E-state index contributed by atoms with van der Waals surface area (Å²) in [5, 5.41) is 4.98. The van der Waals surface area contributed by atoms with Gasteiger partial charge in [0, 0.05) is 17.6 Å². The summed E-state index contributed by atoms with van der Waals surface area (Å²) in [6, 6.07) is 6.81. The Morgan fingerprint density at radius 2 is 2.00 bits per heavy atom. The first-order chi connectivity index (χ1) is 10.3. The number of nitrogens with one attached hydrogen (secondary N) is 1. The van der Waals surface area contributed by atoms with Crippen LogP contribution in [0.15, 0.2) is 18.2 Å². The molecule has 0 amide bonds. The number of rotatable bonds is 5. The number of benzene rings is 1. The van der Waals surface area contributed by atoms with Crippen LogP contribution in [0.3, 0.4) is 0 Å². The Morgan fingerprint density at radius 1 is 1.14 bits per heavy atom. The highest BCUT2D eigenvalue weighted by Crippen LogP contribution is 2.30. The molecule has 0 radical (unpaired) electrons. The van der Waals surface area contributed by atoms with Gasteiger partial charge >= 0.3 is 0 Å². The average Bonchev–Trinajstić information content (AvgIpc) is 2.54. The highest BCUT2D eigenvalue weighted by atomic mass is 14.8. The van der Waals surface area contributed by atoms with Gasteiger partial charge in [-0.2, -0.15) is 0 Å². The molecule has 1 heterocycles. The van der Waals surface area contributed by atoms with E-state index >= 15 is 0 Å². The lowest BCUT2D eigenvalue weighted by Crippen LogP contribution is -2.18. The minimum absolute atomic E-state index is 0.988. The summed E-state index contributed by atoms with van der Waals surface area (Å²) in [4.78, 5) is 4.95. The largest absolute Gasteiger partial charge is 0.313 e. The molecule has 1 aliphatic rings. The first-order valence-corrected chi connectivity index (χ1v) is 8.47. The van der Waals surface area contributed by atoms with E-state index in [1.165, 1.54) is 59.0 Å². The molecule has 0 bridgehead atoms. The zero-order chi connectivity index (χ0) is 14.7. The summed E-state index contributed by atoms with van der Waals surface area (Å²) in [5.74, 6) is 0. The molecule has 2 nitrogen and oxygen atoms in total. The van der Waals surface area contributed by atoms with Gasteiger partial charge in [-0.1, -0.05) is 19.9 Å². The van der Waals surface area contributed by atoms with E-state index in [1.54, 1.807) is 0 Å². The number of aromatic nitrogens is 1. The monoisotopic (exact) mass is 282 g/mol. The van der Waals surface area contributed by atoms with Crippen LogP contribution in [-0.2, 0) is 25.8 Å². The third-order valence-corrected chi connectivity index (χ3v) is 4.58. The topological polar surface area (TPSA) is 24.9 Å². The number of pyridine rings is 1. The van der Waals surface area contributed by atoms with Crippen molar-refractivity contribution >= 4 is 10.9 Å². The molecule has 21 heavy (non-hydrogen) atoms. The third kappa shape index (κ3) is 2.96. The maximum absolute atomic E-state index is 4.95. The Labute approximate surface area is 128 Å². The maximum Gasteiger partial charge on any atom is 0.0708 e. The highest BCUT2D eigenvalue weighted by molar-refractivity contribution is 5.84. The van der Waals surface area contributed by atoms with Crippen molar-refractivity contribution in [1.29, 1.82) is 0 Å². The molecular weight excluding hydrogens is 256 g/mol. The molecule has 0 saturated heterocycles. The Morgan fingerprint density at radius 3 is 2.81 bits per heavy atom. The van der Waals surface area contributed by atoms with Gasteiger partial charge in [-0.05, 0) is 73.9 Å². The molecule has 1 aromatic carbocycles. The number of nitrogens with zero attached hydrogens (tertiary/aromatic N) is 1. The minimum Gasteiger partial charge on any atom is -0.313 e. The van der Waals surface area contributed by atoms with Crippen LogP contribution in [-0.4, -0.2) is 11.5 Å². The standard InChI is InChI=1S/C19H26N2/c1-3-11-20-13-17-15-7-5-6-8-18(15)21-19-10-9-14(4-2)12-16(17)19/h9-10,12,20H,3-8,11,13H2,1-2H3. The molecule has 1 aliphatic carbocycles. The van der Waals surface area contributed by atoms with Crippen molar-refractivity contribution in [2.45, 2.75) is 58.9 Å². The van der Waals surface area contributed by atoms with Crippen molar-refractivity contribution < 1.29 is 0 Å². The third-order valence-electron chi connectivity index (χ3n) is 4.58. The van der Waals surface area contributed by atoms with Gasteiger partial charge in [0.05, 0.1) is 5.52 Å². The van der Waals surface area contributed by atoms with Crippen molar-refractivity contribution in [3.63, 3.8) is 0 Å². The van der Waals surface area contributed by atoms with Gasteiger partial charge in [0.1, 0.15) is 0 Å². The van der Waals surface area contributed by atoms with Crippen molar-refractivity contribution in [2.75, 3.05) is 6.54 Å². The molecule has 0 aliphatic heterocycles. The van der Waals surface area contributed by atoms with Gasteiger partial charge in [0.25, 0.3) is 0 Å². The Bertz CT molecular complexity index is 631. The van der Waals surface area contributed by atoms with Crippen molar-refractivity contribution in [3.05, 3.63) is 40.6 Å². The summed E-state index contributed by atoms with van der Waals surface area (Å²) < 4.78 is 0. The van der Waals surface area contributed by atoms with Crippen LogP contribution in [0.1, 0.15) is 55.5 Å². The SMILES string of the molecule is CCCNCc1c2c(nc3ccc(CC)cc13)CCCC2.